The molecule has 0 radical (unpaired) electrons. The monoisotopic (exact) mass is 308 g/mol. The molecule has 3 rings (SSSR count). The number of fused-ring (bicyclic) bond motifs is 1. The summed E-state index contributed by atoms with van der Waals surface area (Å²) in [5.74, 6) is 0. The lowest BCUT2D eigenvalue weighted by Gasteiger charge is -2.22. The van der Waals surface area contributed by atoms with Gasteiger partial charge in [-0.3, -0.25) is 0 Å². The second-order valence-electron chi connectivity index (χ2n) is 5.55. The molecule has 1 aliphatic rings. The van der Waals surface area contributed by atoms with E-state index in [4.69, 9.17) is 28.9 Å². The number of hydrogen-bond donors (Lipinski definition) is 1. The van der Waals surface area contributed by atoms with Crippen molar-refractivity contribution in [1.29, 1.82) is 0 Å². The van der Waals surface area contributed by atoms with E-state index in [2.05, 4.69) is 17.6 Å². The molecule has 0 bridgehead atoms. The summed E-state index contributed by atoms with van der Waals surface area (Å²) in [7, 11) is 0. The van der Waals surface area contributed by atoms with E-state index >= 15 is 0 Å². The lowest BCUT2D eigenvalue weighted by molar-refractivity contribution is 0.560. The van der Waals surface area contributed by atoms with Crippen LogP contribution in [0.2, 0.25) is 10.0 Å². The van der Waals surface area contributed by atoms with Crippen LogP contribution >= 0.6 is 23.2 Å². The molecular weight excluding hydrogens is 291 g/mol. The smallest absolute Gasteiger partial charge is 0.0833 e. The van der Waals surface area contributed by atoms with Crippen LogP contribution in [0.25, 0.3) is 5.69 Å². The Morgan fingerprint density at radius 2 is 2.00 bits per heavy atom. The average molecular weight is 309 g/mol. The van der Waals surface area contributed by atoms with Crippen molar-refractivity contribution >= 4 is 23.2 Å². The largest absolute Gasteiger partial charge is 0.324 e. The Hall–Kier alpha value is -0.960. The first-order valence-corrected chi connectivity index (χ1v) is 7.68. The molecule has 106 valence electrons. The van der Waals surface area contributed by atoms with Gasteiger partial charge in [-0.15, -0.1) is 0 Å². The number of hydrogen-bond acceptors (Lipinski definition) is 1. The van der Waals surface area contributed by atoms with Gasteiger partial charge in [0.1, 0.15) is 0 Å². The van der Waals surface area contributed by atoms with Gasteiger partial charge in [0.05, 0.1) is 15.7 Å². The SMILES string of the molecule is Cc1ccc(Cl)c(-n2c(C)cc3c2CCCC3N)c1Cl. The molecule has 0 amide bonds. The third-order valence-electron chi connectivity index (χ3n) is 4.13. The van der Waals surface area contributed by atoms with Crippen LogP contribution in [-0.2, 0) is 6.42 Å². The van der Waals surface area contributed by atoms with Gasteiger partial charge in [0.25, 0.3) is 0 Å². The topological polar surface area (TPSA) is 30.9 Å². The average Bonchev–Trinajstić information content (AvgIpc) is 2.74. The van der Waals surface area contributed by atoms with Crippen molar-refractivity contribution in [3.05, 3.63) is 50.8 Å². The van der Waals surface area contributed by atoms with Crippen LogP contribution in [0, 0.1) is 13.8 Å². The molecule has 2 aromatic rings. The zero-order chi connectivity index (χ0) is 14.4. The molecule has 1 aromatic carbocycles. The normalized spacial score (nSPS) is 18.1. The van der Waals surface area contributed by atoms with Crippen molar-refractivity contribution in [2.45, 2.75) is 39.2 Å². The summed E-state index contributed by atoms with van der Waals surface area (Å²) in [5.41, 5.74) is 11.8. The Kier molecular flexibility index (Phi) is 3.57. The molecule has 0 aliphatic heterocycles. The van der Waals surface area contributed by atoms with Crippen molar-refractivity contribution in [2.75, 3.05) is 0 Å². The van der Waals surface area contributed by atoms with Crippen LogP contribution in [0.4, 0.5) is 0 Å². The molecule has 2 N–H and O–H groups in total. The fourth-order valence-corrected chi connectivity index (χ4v) is 3.63. The van der Waals surface area contributed by atoms with Crippen LogP contribution in [0.5, 0.6) is 0 Å². The van der Waals surface area contributed by atoms with Gasteiger partial charge in [0.2, 0.25) is 0 Å². The molecule has 2 nitrogen and oxygen atoms in total. The standard InChI is InChI=1S/C16H18Cl2N2/c1-9-6-7-12(17)16(15(9)18)20-10(2)8-11-13(19)4-3-5-14(11)20/h6-8,13H,3-5,19H2,1-2H3. The van der Waals surface area contributed by atoms with E-state index in [0.717, 1.165) is 41.2 Å². The van der Waals surface area contributed by atoms with Gasteiger partial charge in [-0.2, -0.15) is 0 Å². The van der Waals surface area contributed by atoms with E-state index in [0.29, 0.717) is 5.02 Å². The van der Waals surface area contributed by atoms with Gasteiger partial charge in [-0.05, 0) is 56.4 Å². The molecule has 0 saturated carbocycles. The highest BCUT2D eigenvalue weighted by Gasteiger charge is 2.24. The number of nitrogens with two attached hydrogens (primary N) is 1. The minimum Gasteiger partial charge on any atom is -0.324 e. The maximum absolute atomic E-state index is 6.50. The molecule has 0 fully saturated rings. The van der Waals surface area contributed by atoms with Crippen LogP contribution in [0.3, 0.4) is 0 Å². The van der Waals surface area contributed by atoms with Gasteiger partial charge >= 0.3 is 0 Å². The van der Waals surface area contributed by atoms with Crippen LogP contribution in [0.1, 0.15) is 41.4 Å². The second-order valence-corrected chi connectivity index (χ2v) is 6.33. The van der Waals surface area contributed by atoms with Gasteiger partial charge in [0.15, 0.2) is 0 Å². The highest BCUT2D eigenvalue weighted by Crippen LogP contribution is 2.38. The van der Waals surface area contributed by atoms with Gasteiger partial charge in [0, 0.05) is 17.4 Å². The van der Waals surface area contributed by atoms with Crippen molar-refractivity contribution in [3.8, 4) is 5.69 Å². The lowest BCUT2D eigenvalue weighted by Crippen LogP contribution is -2.18. The Bertz CT molecular complexity index is 674. The van der Waals surface area contributed by atoms with Crippen LogP contribution in [-0.4, -0.2) is 4.57 Å². The van der Waals surface area contributed by atoms with E-state index in [-0.39, 0.29) is 6.04 Å². The summed E-state index contributed by atoms with van der Waals surface area (Å²) in [6, 6.07) is 6.16. The number of aromatic nitrogens is 1. The predicted molar refractivity (Wildman–Crippen MR) is 85.1 cm³/mol. The first-order chi connectivity index (χ1) is 9.50. The summed E-state index contributed by atoms with van der Waals surface area (Å²) < 4.78 is 2.19. The van der Waals surface area contributed by atoms with E-state index in [1.807, 2.05) is 19.1 Å². The molecule has 1 aromatic heterocycles. The van der Waals surface area contributed by atoms with Crippen LogP contribution in [0.15, 0.2) is 18.2 Å². The second kappa shape index (κ2) is 5.10. The first-order valence-electron chi connectivity index (χ1n) is 6.92. The van der Waals surface area contributed by atoms with E-state index in [1.54, 1.807) is 0 Å². The maximum atomic E-state index is 6.50. The number of aryl methyl sites for hydroxylation is 2. The Morgan fingerprint density at radius 3 is 2.75 bits per heavy atom. The summed E-state index contributed by atoms with van der Waals surface area (Å²) in [6.07, 6.45) is 3.18. The highest BCUT2D eigenvalue weighted by atomic mass is 35.5. The van der Waals surface area contributed by atoms with Crippen LogP contribution < -0.4 is 5.73 Å². The minimum atomic E-state index is 0.126. The number of halogens is 2. The molecule has 1 atom stereocenters. The van der Waals surface area contributed by atoms with Crippen molar-refractivity contribution in [3.63, 3.8) is 0 Å². The minimum absolute atomic E-state index is 0.126. The Morgan fingerprint density at radius 1 is 1.25 bits per heavy atom. The molecule has 4 heteroatoms. The summed E-state index contributed by atoms with van der Waals surface area (Å²) >= 11 is 12.9. The number of rotatable bonds is 1. The Balaban J connectivity index is 2.29. The first kappa shape index (κ1) is 14.0. The zero-order valence-corrected chi connectivity index (χ0v) is 13.2. The molecular formula is C16H18Cl2N2. The third-order valence-corrected chi connectivity index (χ3v) is 4.91. The molecule has 1 unspecified atom stereocenters. The fraction of sp³-hybridized carbons (Fsp3) is 0.375. The maximum Gasteiger partial charge on any atom is 0.0833 e. The number of benzene rings is 1. The summed E-state index contributed by atoms with van der Waals surface area (Å²) in [4.78, 5) is 0. The molecule has 1 heterocycles. The van der Waals surface area contributed by atoms with E-state index in [1.165, 1.54) is 11.3 Å². The van der Waals surface area contributed by atoms with E-state index in [9.17, 15) is 0 Å². The fourth-order valence-electron chi connectivity index (χ4n) is 3.10. The third kappa shape index (κ3) is 2.07. The molecule has 1 aliphatic carbocycles. The van der Waals surface area contributed by atoms with Gasteiger partial charge in [-0.25, -0.2) is 0 Å². The van der Waals surface area contributed by atoms with Crippen molar-refractivity contribution < 1.29 is 0 Å². The number of nitrogens with zero attached hydrogens (tertiary/aromatic N) is 1. The highest BCUT2D eigenvalue weighted by molar-refractivity contribution is 6.38. The zero-order valence-electron chi connectivity index (χ0n) is 11.7. The lowest BCUT2D eigenvalue weighted by atomic mass is 9.93. The van der Waals surface area contributed by atoms with Gasteiger partial charge < -0.3 is 10.3 Å². The Labute approximate surface area is 129 Å². The summed E-state index contributed by atoms with van der Waals surface area (Å²) in [6.45, 7) is 4.08. The van der Waals surface area contributed by atoms with Crippen molar-refractivity contribution in [2.24, 2.45) is 5.73 Å². The van der Waals surface area contributed by atoms with Gasteiger partial charge in [-0.1, -0.05) is 29.3 Å². The predicted octanol–water partition coefficient (Wildman–Crippen LogP) is 4.74. The molecule has 0 spiro atoms. The molecule has 0 saturated heterocycles. The summed E-state index contributed by atoms with van der Waals surface area (Å²) in [5, 5.41) is 1.40. The quantitative estimate of drug-likeness (QED) is 0.810. The van der Waals surface area contributed by atoms with Crippen molar-refractivity contribution in [1.82, 2.24) is 4.57 Å². The van der Waals surface area contributed by atoms with E-state index < -0.39 is 0 Å². The molecule has 20 heavy (non-hydrogen) atoms.